The highest BCUT2D eigenvalue weighted by molar-refractivity contribution is 7.09. The van der Waals surface area contributed by atoms with E-state index in [4.69, 9.17) is 0 Å². The van der Waals surface area contributed by atoms with Gasteiger partial charge in [-0.3, -0.25) is 9.59 Å². The van der Waals surface area contributed by atoms with Gasteiger partial charge in [-0.1, -0.05) is 32.0 Å². The second-order valence-corrected chi connectivity index (χ2v) is 9.64. The van der Waals surface area contributed by atoms with Crippen molar-refractivity contribution in [3.63, 3.8) is 0 Å². The molecular weight excluding hydrogens is 480 g/mol. The van der Waals surface area contributed by atoms with Gasteiger partial charge in [0.1, 0.15) is 12.4 Å². The van der Waals surface area contributed by atoms with Crippen molar-refractivity contribution in [3.8, 4) is 0 Å². The SMILES string of the molecule is CC(C)CN(CC(=O)N(Cc1ccc(F)cc1)Cc1cccs1)C(=O)c1ccc(C(F)(F)F)cc1. The van der Waals surface area contributed by atoms with Gasteiger partial charge in [0, 0.05) is 23.5 Å². The molecule has 0 N–H and O–H groups in total. The van der Waals surface area contributed by atoms with Crippen LogP contribution in [-0.2, 0) is 24.1 Å². The molecule has 1 heterocycles. The zero-order valence-corrected chi connectivity index (χ0v) is 20.2. The third kappa shape index (κ3) is 7.65. The number of alkyl halides is 3. The van der Waals surface area contributed by atoms with Gasteiger partial charge >= 0.3 is 6.18 Å². The third-order valence-corrected chi connectivity index (χ3v) is 6.09. The molecule has 0 aliphatic carbocycles. The molecule has 35 heavy (non-hydrogen) atoms. The summed E-state index contributed by atoms with van der Waals surface area (Å²) in [5.41, 5.74) is -0.0301. The predicted octanol–water partition coefficient (Wildman–Crippen LogP) is 6.23. The molecule has 0 fully saturated rings. The van der Waals surface area contributed by atoms with E-state index in [2.05, 4.69) is 0 Å². The van der Waals surface area contributed by atoms with E-state index in [1.807, 2.05) is 31.4 Å². The molecule has 2 aromatic carbocycles. The molecule has 0 atom stereocenters. The van der Waals surface area contributed by atoms with Crippen molar-refractivity contribution in [3.05, 3.63) is 93.4 Å². The molecule has 3 aromatic rings. The Morgan fingerprint density at radius 1 is 0.914 bits per heavy atom. The van der Waals surface area contributed by atoms with Crippen LogP contribution < -0.4 is 0 Å². The van der Waals surface area contributed by atoms with Crippen LogP contribution in [0.5, 0.6) is 0 Å². The van der Waals surface area contributed by atoms with Gasteiger partial charge in [-0.05, 0) is 59.3 Å². The lowest BCUT2D eigenvalue weighted by Gasteiger charge is -2.29. The summed E-state index contributed by atoms with van der Waals surface area (Å²) in [6.07, 6.45) is -4.50. The summed E-state index contributed by atoms with van der Waals surface area (Å²) in [6, 6.07) is 13.6. The normalized spacial score (nSPS) is 11.5. The monoisotopic (exact) mass is 506 g/mol. The number of halogens is 4. The molecule has 0 aliphatic heterocycles. The van der Waals surface area contributed by atoms with Crippen LogP contribution in [0, 0.1) is 11.7 Å². The quantitative estimate of drug-likeness (QED) is 0.323. The second-order valence-electron chi connectivity index (χ2n) is 8.61. The van der Waals surface area contributed by atoms with Gasteiger partial charge < -0.3 is 9.80 Å². The molecule has 3 rings (SSSR count). The van der Waals surface area contributed by atoms with E-state index >= 15 is 0 Å². The number of benzene rings is 2. The van der Waals surface area contributed by atoms with Crippen molar-refractivity contribution in [2.24, 2.45) is 5.92 Å². The Hall–Kier alpha value is -3.20. The van der Waals surface area contributed by atoms with Gasteiger partial charge in [-0.2, -0.15) is 13.2 Å². The van der Waals surface area contributed by atoms with E-state index in [1.54, 1.807) is 17.0 Å². The molecular formula is C26H26F4N2O2S. The first-order chi connectivity index (χ1) is 16.5. The molecule has 4 nitrogen and oxygen atoms in total. The predicted molar refractivity (Wildman–Crippen MR) is 127 cm³/mol. The maximum atomic E-state index is 13.4. The van der Waals surface area contributed by atoms with Crippen molar-refractivity contribution in [2.75, 3.05) is 13.1 Å². The van der Waals surface area contributed by atoms with Gasteiger partial charge in [-0.25, -0.2) is 4.39 Å². The van der Waals surface area contributed by atoms with E-state index in [9.17, 15) is 27.2 Å². The molecule has 0 radical (unpaired) electrons. The molecule has 0 bridgehead atoms. The Morgan fingerprint density at radius 2 is 1.57 bits per heavy atom. The maximum absolute atomic E-state index is 13.4. The van der Waals surface area contributed by atoms with Crippen LogP contribution in [0.15, 0.2) is 66.0 Å². The lowest BCUT2D eigenvalue weighted by Crippen LogP contribution is -2.43. The standard InChI is InChI=1S/C26H26F4N2O2S/c1-18(2)14-32(25(34)20-7-9-21(10-8-20)26(28,29)30)17-24(33)31(16-23-4-3-13-35-23)15-19-5-11-22(27)12-6-19/h3-13,18H,14-17H2,1-2H3. The van der Waals surface area contributed by atoms with Crippen LogP contribution in [0.25, 0.3) is 0 Å². The van der Waals surface area contributed by atoms with Crippen molar-refractivity contribution in [1.82, 2.24) is 9.80 Å². The van der Waals surface area contributed by atoms with E-state index in [-0.39, 0.29) is 42.8 Å². The van der Waals surface area contributed by atoms with Crippen molar-refractivity contribution < 1.29 is 27.2 Å². The molecule has 0 aliphatic rings. The van der Waals surface area contributed by atoms with Crippen LogP contribution in [-0.4, -0.2) is 34.7 Å². The average molecular weight is 507 g/mol. The zero-order valence-electron chi connectivity index (χ0n) is 19.4. The number of carbonyl (C=O) groups is 2. The Balaban J connectivity index is 1.81. The van der Waals surface area contributed by atoms with E-state index < -0.39 is 17.6 Å². The summed E-state index contributed by atoms with van der Waals surface area (Å²) in [5, 5.41) is 1.90. The van der Waals surface area contributed by atoms with Crippen LogP contribution in [0.4, 0.5) is 17.6 Å². The minimum Gasteiger partial charge on any atom is -0.332 e. The van der Waals surface area contributed by atoms with Gasteiger partial charge in [0.15, 0.2) is 0 Å². The van der Waals surface area contributed by atoms with Crippen molar-refractivity contribution >= 4 is 23.2 Å². The summed E-state index contributed by atoms with van der Waals surface area (Å²) in [5.74, 6) is -1.18. The summed E-state index contributed by atoms with van der Waals surface area (Å²) < 4.78 is 52.0. The highest BCUT2D eigenvalue weighted by Crippen LogP contribution is 2.29. The maximum Gasteiger partial charge on any atom is 0.416 e. The highest BCUT2D eigenvalue weighted by Gasteiger charge is 2.31. The van der Waals surface area contributed by atoms with Crippen LogP contribution in [0.3, 0.4) is 0 Å². The first kappa shape index (κ1) is 26.4. The molecule has 0 spiro atoms. The highest BCUT2D eigenvalue weighted by atomic mass is 32.1. The average Bonchev–Trinajstić information content (AvgIpc) is 3.31. The minimum absolute atomic E-state index is 0.0315. The lowest BCUT2D eigenvalue weighted by molar-refractivity contribution is -0.137. The summed E-state index contributed by atoms with van der Waals surface area (Å²) in [6.45, 7) is 4.34. The van der Waals surface area contributed by atoms with Crippen LogP contribution >= 0.6 is 11.3 Å². The number of rotatable bonds is 9. The second kappa shape index (κ2) is 11.5. The summed E-state index contributed by atoms with van der Waals surface area (Å²) >= 11 is 1.49. The van der Waals surface area contributed by atoms with Gasteiger partial charge in [-0.15, -0.1) is 11.3 Å². The Kier molecular flexibility index (Phi) is 8.67. The number of hydrogen-bond donors (Lipinski definition) is 0. The van der Waals surface area contributed by atoms with Crippen LogP contribution in [0.1, 0.15) is 40.2 Å². The smallest absolute Gasteiger partial charge is 0.332 e. The molecule has 9 heteroatoms. The topological polar surface area (TPSA) is 40.6 Å². The Morgan fingerprint density at radius 3 is 2.11 bits per heavy atom. The number of carbonyl (C=O) groups excluding carboxylic acids is 2. The Labute approximate surface area is 205 Å². The largest absolute Gasteiger partial charge is 0.416 e. The van der Waals surface area contributed by atoms with Gasteiger partial charge in [0.2, 0.25) is 5.91 Å². The fourth-order valence-electron chi connectivity index (χ4n) is 3.54. The molecule has 0 saturated carbocycles. The lowest BCUT2D eigenvalue weighted by atomic mass is 10.1. The molecule has 1 aromatic heterocycles. The summed E-state index contributed by atoms with van der Waals surface area (Å²) in [4.78, 5) is 30.4. The fraction of sp³-hybridized carbons (Fsp3) is 0.308. The Bertz CT molecular complexity index is 1110. The molecule has 0 saturated heterocycles. The first-order valence-corrected chi connectivity index (χ1v) is 11.9. The first-order valence-electron chi connectivity index (χ1n) is 11.0. The number of thiophene rings is 1. The molecule has 2 amide bonds. The number of nitrogens with zero attached hydrogens (tertiary/aromatic N) is 2. The third-order valence-electron chi connectivity index (χ3n) is 5.22. The molecule has 0 unspecified atom stereocenters. The fourth-order valence-corrected chi connectivity index (χ4v) is 4.26. The van der Waals surface area contributed by atoms with E-state index in [0.717, 1.165) is 34.7 Å². The van der Waals surface area contributed by atoms with Crippen LogP contribution in [0.2, 0.25) is 0 Å². The van der Waals surface area contributed by atoms with Crippen molar-refractivity contribution in [1.29, 1.82) is 0 Å². The van der Waals surface area contributed by atoms with E-state index in [0.29, 0.717) is 6.54 Å². The number of hydrogen-bond acceptors (Lipinski definition) is 3. The molecule has 186 valence electrons. The van der Waals surface area contributed by atoms with E-state index in [1.165, 1.54) is 28.4 Å². The zero-order chi connectivity index (χ0) is 25.6. The van der Waals surface area contributed by atoms with Crippen molar-refractivity contribution in [2.45, 2.75) is 33.1 Å². The van der Waals surface area contributed by atoms with Gasteiger partial charge in [0.05, 0.1) is 12.1 Å². The minimum atomic E-state index is -4.50. The number of amides is 2. The summed E-state index contributed by atoms with van der Waals surface area (Å²) in [7, 11) is 0. The van der Waals surface area contributed by atoms with Gasteiger partial charge in [0.25, 0.3) is 5.91 Å².